The first kappa shape index (κ1) is 11.9. The SMILES string of the molecule is CC1CCCCC1NC(=O)c1cncc(O)c1. The molecular weight excluding hydrogens is 216 g/mol. The first-order chi connectivity index (χ1) is 8.16. The molecule has 1 fully saturated rings. The fourth-order valence-corrected chi connectivity index (χ4v) is 2.33. The number of nitrogens with one attached hydrogen (secondary N) is 1. The Bertz CT molecular complexity index is 406. The van der Waals surface area contributed by atoms with Crippen LogP contribution in [0.15, 0.2) is 18.5 Å². The average Bonchev–Trinajstić information content (AvgIpc) is 2.32. The van der Waals surface area contributed by atoms with Crippen LogP contribution in [-0.2, 0) is 0 Å². The fourth-order valence-electron chi connectivity index (χ4n) is 2.33. The topological polar surface area (TPSA) is 62.2 Å². The van der Waals surface area contributed by atoms with E-state index in [0.29, 0.717) is 11.5 Å². The third-order valence-corrected chi connectivity index (χ3v) is 3.41. The van der Waals surface area contributed by atoms with E-state index in [-0.39, 0.29) is 17.7 Å². The molecule has 92 valence electrons. The lowest BCUT2D eigenvalue weighted by atomic mass is 9.86. The smallest absolute Gasteiger partial charge is 0.253 e. The summed E-state index contributed by atoms with van der Waals surface area (Å²) in [5, 5.41) is 12.3. The van der Waals surface area contributed by atoms with Gasteiger partial charge in [0.15, 0.2) is 0 Å². The van der Waals surface area contributed by atoms with Crippen LogP contribution in [0.5, 0.6) is 5.75 Å². The van der Waals surface area contributed by atoms with Crippen molar-refractivity contribution in [3.8, 4) is 5.75 Å². The van der Waals surface area contributed by atoms with Crippen molar-refractivity contribution < 1.29 is 9.90 Å². The number of carbonyl (C=O) groups is 1. The molecule has 1 heterocycles. The van der Waals surface area contributed by atoms with Gasteiger partial charge in [-0.3, -0.25) is 9.78 Å². The molecule has 2 N–H and O–H groups in total. The lowest BCUT2D eigenvalue weighted by Gasteiger charge is -2.29. The molecule has 4 heteroatoms. The molecule has 0 spiro atoms. The van der Waals surface area contributed by atoms with Gasteiger partial charge >= 0.3 is 0 Å². The molecule has 1 aromatic rings. The molecule has 2 rings (SSSR count). The zero-order valence-corrected chi connectivity index (χ0v) is 10.0. The predicted molar refractivity (Wildman–Crippen MR) is 64.8 cm³/mol. The number of hydrogen-bond donors (Lipinski definition) is 2. The third kappa shape index (κ3) is 2.96. The molecule has 2 atom stereocenters. The molecule has 0 bridgehead atoms. The number of hydrogen-bond acceptors (Lipinski definition) is 3. The summed E-state index contributed by atoms with van der Waals surface area (Å²) in [5.74, 6) is 0.402. The van der Waals surface area contributed by atoms with E-state index in [1.165, 1.54) is 37.7 Å². The van der Waals surface area contributed by atoms with E-state index in [9.17, 15) is 9.90 Å². The predicted octanol–water partition coefficient (Wildman–Crippen LogP) is 2.10. The van der Waals surface area contributed by atoms with Crippen molar-refractivity contribution in [2.45, 2.75) is 38.6 Å². The maximum atomic E-state index is 11.9. The second-order valence-corrected chi connectivity index (χ2v) is 4.77. The van der Waals surface area contributed by atoms with E-state index in [1.807, 2.05) is 0 Å². The first-order valence-corrected chi connectivity index (χ1v) is 6.11. The largest absolute Gasteiger partial charge is 0.506 e. The van der Waals surface area contributed by atoms with Crippen molar-refractivity contribution >= 4 is 5.91 Å². The van der Waals surface area contributed by atoms with Gasteiger partial charge < -0.3 is 10.4 Å². The van der Waals surface area contributed by atoms with Gasteiger partial charge in [0.1, 0.15) is 5.75 Å². The number of amides is 1. The Morgan fingerprint density at radius 2 is 2.18 bits per heavy atom. The normalized spacial score (nSPS) is 24.3. The summed E-state index contributed by atoms with van der Waals surface area (Å²) < 4.78 is 0. The minimum atomic E-state index is -0.146. The van der Waals surface area contributed by atoms with Gasteiger partial charge in [0, 0.05) is 12.2 Å². The highest BCUT2D eigenvalue weighted by molar-refractivity contribution is 5.94. The Hall–Kier alpha value is -1.58. The zero-order chi connectivity index (χ0) is 12.3. The van der Waals surface area contributed by atoms with Crippen molar-refractivity contribution in [2.75, 3.05) is 0 Å². The molecule has 0 saturated heterocycles. The molecule has 1 aliphatic carbocycles. The highest BCUT2D eigenvalue weighted by Crippen LogP contribution is 2.24. The van der Waals surface area contributed by atoms with Gasteiger partial charge in [-0.2, -0.15) is 0 Å². The highest BCUT2D eigenvalue weighted by Gasteiger charge is 2.23. The van der Waals surface area contributed by atoms with Gasteiger partial charge in [-0.15, -0.1) is 0 Å². The number of rotatable bonds is 2. The van der Waals surface area contributed by atoms with Crippen LogP contribution in [-0.4, -0.2) is 22.0 Å². The van der Waals surface area contributed by atoms with Crippen LogP contribution < -0.4 is 5.32 Å². The highest BCUT2D eigenvalue weighted by atomic mass is 16.3. The fraction of sp³-hybridized carbons (Fsp3) is 0.538. The number of carbonyl (C=O) groups excluding carboxylic acids is 1. The van der Waals surface area contributed by atoms with Crippen molar-refractivity contribution in [3.63, 3.8) is 0 Å². The van der Waals surface area contributed by atoms with Crippen LogP contribution in [0.2, 0.25) is 0 Å². The number of pyridine rings is 1. The van der Waals surface area contributed by atoms with Gasteiger partial charge in [-0.05, 0) is 24.8 Å². The van der Waals surface area contributed by atoms with Crippen LogP contribution >= 0.6 is 0 Å². The van der Waals surface area contributed by atoms with Gasteiger partial charge in [0.2, 0.25) is 0 Å². The Balaban J connectivity index is 2.01. The summed E-state index contributed by atoms with van der Waals surface area (Å²) in [7, 11) is 0. The van der Waals surface area contributed by atoms with Crippen LogP contribution in [0.1, 0.15) is 43.0 Å². The summed E-state index contributed by atoms with van der Waals surface area (Å²) in [6.07, 6.45) is 7.43. The monoisotopic (exact) mass is 234 g/mol. The van der Waals surface area contributed by atoms with Crippen LogP contribution in [0, 0.1) is 5.92 Å². The van der Waals surface area contributed by atoms with E-state index in [1.54, 1.807) is 0 Å². The van der Waals surface area contributed by atoms with Crippen molar-refractivity contribution in [2.24, 2.45) is 5.92 Å². The standard InChI is InChI=1S/C13H18N2O2/c1-9-4-2-3-5-12(9)15-13(17)10-6-11(16)8-14-7-10/h6-9,12,16H,2-5H2,1H3,(H,15,17). The van der Waals surface area contributed by atoms with Gasteiger partial charge in [-0.25, -0.2) is 0 Å². The average molecular weight is 234 g/mol. The number of aromatic hydroxyl groups is 1. The van der Waals surface area contributed by atoms with Crippen LogP contribution in [0.25, 0.3) is 0 Å². The summed E-state index contributed by atoms with van der Waals surface area (Å²) in [4.78, 5) is 15.8. The maximum Gasteiger partial charge on any atom is 0.253 e. The molecule has 4 nitrogen and oxygen atoms in total. The first-order valence-electron chi connectivity index (χ1n) is 6.11. The molecule has 0 radical (unpaired) electrons. The van der Waals surface area contributed by atoms with E-state index < -0.39 is 0 Å². The Kier molecular flexibility index (Phi) is 3.61. The molecule has 17 heavy (non-hydrogen) atoms. The lowest BCUT2D eigenvalue weighted by molar-refractivity contribution is 0.0909. The minimum absolute atomic E-state index is 0.0225. The molecular formula is C13H18N2O2. The van der Waals surface area contributed by atoms with Crippen molar-refractivity contribution in [3.05, 3.63) is 24.0 Å². The van der Waals surface area contributed by atoms with E-state index >= 15 is 0 Å². The zero-order valence-electron chi connectivity index (χ0n) is 10.0. The number of aromatic nitrogens is 1. The Labute approximate surface area is 101 Å². The second-order valence-electron chi connectivity index (χ2n) is 4.77. The van der Waals surface area contributed by atoms with E-state index in [0.717, 1.165) is 6.42 Å². The molecule has 1 aromatic heterocycles. The Morgan fingerprint density at radius 3 is 2.88 bits per heavy atom. The Morgan fingerprint density at radius 1 is 1.41 bits per heavy atom. The quantitative estimate of drug-likeness (QED) is 0.823. The van der Waals surface area contributed by atoms with Gasteiger partial charge in [0.05, 0.1) is 11.8 Å². The molecule has 2 unspecified atom stereocenters. The van der Waals surface area contributed by atoms with Crippen molar-refractivity contribution in [1.82, 2.24) is 10.3 Å². The van der Waals surface area contributed by atoms with Crippen molar-refractivity contribution in [1.29, 1.82) is 0 Å². The van der Waals surface area contributed by atoms with Gasteiger partial charge in [0.25, 0.3) is 5.91 Å². The summed E-state index contributed by atoms with van der Waals surface area (Å²) in [6.45, 7) is 2.17. The summed E-state index contributed by atoms with van der Waals surface area (Å²) >= 11 is 0. The molecule has 1 aliphatic rings. The molecule has 1 amide bonds. The molecule has 0 aromatic carbocycles. The number of nitrogens with zero attached hydrogens (tertiary/aromatic N) is 1. The van der Waals surface area contributed by atoms with Crippen LogP contribution in [0.4, 0.5) is 0 Å². The van der Waals surface area contributed by atoms with Crippen LogP contribution in [0.3, 0.4) is 0 Å². The third-order valence-electron chi connectivity index (χ3n) is 3.41. The molecule has 0 aliphatic heterocycles. The van der Waals surface area contributed by atoms with E-state index in [4.69, 9.17) is 0 Å². The minimum Gasteiger partial charge on any atom is -0.506 e. The van der Waals surface area contributed by atoms with Gasteiger partial charge in [-0.1, -0.05) is 19.8 Å². The molecule has 1 saturated carbocycles. The summed E-state index contributed by atoms with van der Waals surface area (Å²) in [6, 6.07) is 1.69. The maximum absolute atomic E-state index is 11.9. The lowest BCUT2D eigenvalue weighted by Crippen LogP contribution is -2.41. The second kappa shape index (κ2) is 5.17. The summed E-state index contributed by atoms with van der Waals surface area (Å²) in [5.41, 5.74) is 0.419. The van der Waals surface area contributed by atoms with E-state index in [2.05, 4.69) is 17.2 Å².